The highest BCUT2D eigenvalue weighted by molar-refractivity contribution is 7.99. The van der Waals surface area contributed by atoms with Crippen LogP contribution in [0.3, 0.4) is 0 Å². The number of thioether (sulfide) groups is 1. The zero-order chi connectivity index (χ0) is 10.9. The first kappa shape index (κ1) is 13.3. The van der Waals surface area contributed by atoms with E-state index in [1.807, 2.05) is 11.8 Å². The molecule has 0 aliphatic carbocycles. The SMILES string of the molecule is CCSCCCNCC(C)N1CCCC1. The lowest BCUT2D eigenvalue weighted by molar-refractivity contribution is 0.252. The van der Waals surface area contributed by atoms with Crippen LogP contribution in [0.15, 0.2) is 0 Å². The highest BCUT2D eigenvalue weighted by Gasteiger charge is 2.16. The van der Waals surface area contributed by atoms with Crippen LogP contribution in [0.5, 0.6) is 0 Å². The van der Waals surface area contributed by atoms with Crippen LogP contribution < -0.4 is 5.32 Å². The Morgan fingerprint density at radius 3 is 2.73 bits per heavy atom. The minimum atomic E-state index is 0.728. The molecule has 1 aliphatic rings. The summed E-state index contributed by atoms with van der Waals surface area (Å²) >= 11 is 2.04. The molecular weight excluding hydrogens is 204 g/mol. The topological polar surface area (TPSA) is 15.3 Å². The van der Waals surface area contributed by atoms with Gasteiger partial charge in [-0.1, -0.05) is 6.92 Å². The molecule has 3 heteroatoms. The Morgan fingerprint density at radius 1 is 1.33 bits per heavy atom. The third kappa shape index (κ3) is 5.79. The van der Waals surface area contributed by atoms with Crippen LogP contribution in [-0.4, -0.2) is 48.6 Å². The normalized spacial score (nSPS) is 19.6. The van der Waals surface area contributed by atoms with E-state index < -0.39 is 0 Å². The van der Waals surface area contributed by atoms with Crippen LogP contribution in [0.25, 0.3) is 0 Å². The van der Waals surface area contributed by atoms with E-state index in [4.69, 9.17) is 0 Å². The van der Waals surface area contributed by atoms with Crippen molar-refractivity contribution in [2.24, 2.45) is 0 Å². The largest absolute Gasteiger partial charge is 0.315 e. The van der Waals surface area contributed by atoms with Gasteiger partial charge in [-0.15, -0.1) is 0 Å². The Kier molecular flexibility index (Phi) is 7.49. The van der Waals surface area contributed by atoms with Crippen molar-refractivity contribution in [2.45, 2.75) is 39.2 Å². The van der Waals surface area contributed by atoms with Gasteiger partial charge in [-0.25, -0.2) is 0 Å². The molecule has 0 saturated carbocycles. The summed E-state index contributed by atoms with van der Waals surface area (Å²) in [5.41, 5.74) is 0. The number of nitrogens with zero attached hydrogens (tertiary/aromatic N) is 1. The Bertz CT molecular complexity index is 147. The molecule has 0 aromatic heterocycles. The van der Waals surface area contributed by atoms with Gasteiger partial charge in [0.05, 0.1) is 0 Å². The second kappa shape index (κ2) is 8.43. The summed E-state index contributed by atoms with van der Waals surface area (Å²) in [5, 5.41) is 3.57. The summed E-state index contributed by atoms with van der Waals surface area (Å²) < 4.78 is 0. The molecule has 1 unspecified atom stereocenters. The molecule has 0 radical (unpaired) electrons. The molecule has 0 bridgehead atoms. The van der Waals surface area contributed by atoms with Crippen molar-refractivity contribution in [3.8, 4) is 0 Å². The maximum Gasteiger partial charge on any atom is 0.0192 e. The van der Waals surface area contributed by atoms with Crippen molar-refractivity contribution in [2.75, 3.05) is 37.7 Å². The fourth-order valence-electron chi connectivity index (χ4n) is 2.07. The highest BCUT2D eigenvalue weighted by Crippen LogP contribution is 2.10. The van der Waals surface area contributed by atoms with Crippen LogP contribution in [-0.2, 0) is 0 Å². The van der Waals surface area contributed by atoms with E-state index >= 15 is 0 Å². The Balaban J connectivity index is 1.90. The van der Waals surface area contributed by atoms with Gasteiger partial charge in [0.1, 0.15) is 0 Å². The maximum absolute atomic E-state index is 3.57. The number of hydrogen-bond donors (Lipinski definition) is 1. The number of hydrogen-bond acceptors (Lipinski definition) is 3. The molecule has 90 valence electrons. The molecule has 1 rings (SSSR count). The molecule has 1 atom stereocenters. The third-order valence-electron chi connectivity index (χ3n) is 3.05. The van der Waals surface area contributed by atoms with E-state index in [2.05, 4.69) is 24.1 Å². The predicted molar refractivity (Wildman–Crippen MR) is 70.8 cm³/mol. The summed E-state index contributed by atoms with van der Waals surface area (Å²) in [6.07, 6.45) is 4.11. The predicted octanol–water partition coefficient (Wildman–Crippen LogP) is 2.20. The quantitative estimate of drug-likeness (QED) is 0.644. The van der Waals surface area contributed by atoms with E-state index in [0.717, 1.165) is 12.6 Å². The van der Waals surface area contributed by atoms with Gasteiger partial charge in [0.25, 0.3) is 0 Å². The maximum atomic E-state index is 3.57. The van der Waals surface area contributed by atoms with Crippen molar-refractivity contribution in [1.29, 1.82) is 0 Å². The zero-order valence-corrected chi connectivity index (χ0v) is 11.1. The fraction of sp³-hybridized carbons (Fsp3) is 1.00. The van der Waals surface area contributed by atoms with E-state index in [9.17, 15) is 0 Å². The van der Waals surface area contributed by atoms with Gasteiger partial charge in [0.2, 0.25) is 0 Å². The average Bonchev–Trinajstić information content (AvgIpc) is 2.76. The van der Waals surface area contributed by atoms with Gasteiger partial charge in [-0.2, -0.15) is 11.8 Å². The molecular formula is C12H26N2S. The van der Waals surface area contributed by atoms with Crippen molar-refractivity contribution >= 4 is 11.8 Å². The van der Waals surface area contributed by atoms with Crippen LogP contribution in [0, 0.1) is 0 Å². The van der Waals surface area contributed by atoms with Crippen molar-refractivity contribution in [3.05, 3.63) is 0 Å². The monoisotopic (exact) mass is 230 g/mol. The number of nitrogens with one attached hydrogen (secondary N) is 1. The first-order valence-corrected chi connectivity index (χ1v) is 7.52. The summed E-state index contributed by atoms with van der Waals surface area (Å²) in [5.74, 6) is 2.56. The molecule has 15 heavy (non-hydrogen) atoms. The first-order valence-electron chi connectivity index (χ1n) is 6.37. The lowest BCUT2D eigenvalue weighted by atomic mass is 10.3. The number of rotatable bonds is 8. The molecule has 1 saturated heterocycles. The van der Waals surface area contributed by atoms with Gasteiger partial charge in [0, 0.05) is 12.6 Å². The molecule has 0 aromatic carbocycles. The molecule has 0 amide bonds. The lowest BCUT2D eigenvalue weighted by Crippen LogP contribution is -2.38. The summed E-state index contributed by atoms with van der Waals surface area (Å²) in [7, 11) is 0. The molecule has 1 aliphatic heterocycles. The summed E-state index contributed by atoms with van der Waals surface area (Å²) in [6.45, 7) is 9.55. The van der Waals surface area contributed by atoms with Gasteiger partial charge < -0.3 is 5.32 Å². The lowest BCUT2D eigenvalue weighted by Gasteiger charge is -2.23. The summed E-state index contributed by atoms with van der Waals surface area (Å²) in [6, 6.07) is 0.728. The Hall–Kier alpha value is 0.270. The minimum Gasteiger partial charge on any atom is -0.315 e. The van der Waals surface area contributed by atoms with Crippen molar-refractivity contribution in [1.82, 2.24) is 10.2 Å². The Labute approximate surface area is 99.2 Å². The Morgan fingerprint density at radius 2 is 2.07 bits per heavy atom. The molecule has 1 heterocycles. The van der Waals surface area contributed by atoms with Crippen molar-refractivity contribution in [3.63, 3.8) is 0 Å². The van der Waals surface area contributed by atoms with Gasteiger partial charge in [-0.05, 0) is 57.3 Å². The fourth-order valence-corrected chi connectivity index (χ4v) is 2.70. The summed E-state index contributed by atoms with van der Waals surface area (Å²) in [4.78, 5) is 2.60. The third-order valence-corrected chi connectivity index (χ3v) is 4.04. The molecule has 0 aromatic rings. The van der Waals surface area contributed by atoms with E-state index in [-0.39, 0.29) is 0 Å². The molecule has 2 nitrogen and oxygen atoms in total. The highest BCUT2D eigenvalue weighted by atomic mass is 32.2. The molecule has 1 N–H and O–H groups in total. The smallest absolute Gasteiger partial charge is 0.0192 e. The van der Waals surface area contributed by atoms with Crippen LogP contribution in [0.1, 0.15) is 33.1 Å². The number of likely N-dealkylation sites (tertiary alicyclic amines) is 1. The van der Waals surface area contributed by atoms with E-state index in [1.165, 1.54) is 50.4 Å². The average molecular weight is 230 g/mol. The van der Waals surface area contributed by atoms with Crippen LogP contribution in [0.4, 0.5) is 0 Å². The first-order chi connectivity index (χ1) is 7.34. The van der Waals surface area contributed by atoms with Gasteiger partial charge in [-0.3, -0.25) is 4.90 Å². The van der Waals surface area contributed by atoms with Crippen LogP contribution >= 0.6 is 11.8 Å². The van der Waals surface area contributed by atoms with Crippen LogP contribution in [0.2, 0.25) is 0 Å². The second-order valence-corrected chi connectivity index (χ2v) is 5.74. The van der Waals surface area contributed by atoms with E-state index in [0.29, 0.717) is 0 Å². The zero-order valence-electron chi connectivity index (χ0n) is 10.3. The van der Waals surface area contributed by atoms with Gasteiger partial charge in [0.15, 0.2) is 0 Å². The second-order valence-electron chi connectivity index (χ2n) is 4.35. The standard InChI is InChI=1S/C12H26N2S/c1-3-15-10-6-7-13-11-12(2)14-8-4-5-9-14/h12-13H,3-11H2,1-2H3. The molecule has 0 spiro atoms. The van der Waals surface area contributed by atoms with Crippen molar-refractivity contribution < 1.29 is 0 Å². The minimum absolute atomic E-state index is 0.728. The molecule has 1 fully saturated rings. The van der Waals surface area contributed by atoms with E-state index in [1.54, 1.807) is 0 Å². The van der Waals surface area contributed by atoms with Gasteiger partial charge >= 0.3 is 0 Å².